The molecule has 0 radical (unpaired) electrons. The number of hydrogen-bond acceptors (Lipinski definition) is 5. The maximum Gasteiger partial charge on any atom is 0.263 e. The van der Waals surface area contributed by atoms with Crippen molar-refractivity contribution in [1.82, 2.24) is 14.6 Å². The van der Waals surface area contributed by atoms with Crippen molar-refractivity contribution in [3.8, 4) is 0 Å². The molecule has 3 rings (SSSR count). The minimum absolute atomic E-state index is 0.0692. The fraction of sp³-hybridized carbons (Fsp3) is 0.500. The van der Waals surface area contributed by atoms with Crippen LogP contribution in [0.2, 0.25) is 0 Å². The summed E-state index contributed by atoms with van der Waals surface area (Å²) < 4.78 is 26.9. The van der Waals surface area contributed by atoms with E-state index in [9.17, 15) is 13.2 Å². The summed E-state index contributed by atoms with van der Waals surface area (Å²) in [6.07, 6.45) is 3.11. The van der Waals surface area contributed by atoms with Gasteiger partial charge in [-0.3, -0.25) is 4.79 Å². The van der Waals surface area contributed by atoms with Crippen LogP contribution < -0.4 is 5.32 Å². The van der Waals surface area contributed by atoms with Crippen molar-refractivity contribution in [2.24, 2.45) is 5.92 Å². The average Bonchev–Trinajstić information content (AvgIpc) is 3.18. The highest BCUT2D eigenvalue weighted by molar-refractivity contribution is 7.89. The zero-order valence-electron chi connectivity index (χ0n) is 16.5. The maximum atomic E-state index is 12.7. The summed E-state index contributed by atoms with van der Waals surface area (Å²) in [6.45, 7) is 7.74. The molecule has 0 spiro atoms. The fourth-order valence-corrected chi connectivity index (χ4v) is 5.53. The largest absolute Gasteiger partial charge is 0.351 e. The van der Waals surface area contributed by atoms with E-state index in [2.05, 4.69) is 31.1 Å². The number of thiazole rings is 1. The van der Waals surface area contributed by atoms with Gasteiger partial charge in [0, 0.05) is 25.0 Å². The lowest BCUT2D eigenvalue weighted by Crippen LogP contribution is -2.41. The van der Waals surface area contributed by atoms with Crippen LogP contribution in [-0.4, -0.2) is 43.2 Å². The van der Waals surface area contributed by atoms with Gasteiger partial charge in [0.15, 0.2) is 0 Å². The maximum absolute atomic E-state index is 12.7. The van der Waals surface area contributed by atoms with E-state index in [-0.39, 0.29) is 17.2 Å². The Morgan fingerprint density at radius 3 is 2.43 bits per heavy atom. The number of benzene rings is 1. The zero-order valence-corrected chi connectivity index (χ0v) is 18.1. The van der Waals surface area contributed by atoms with E-state index in [1.807, 2.05) is 6.07 Å². The lowest BCUT2D eigenvalue weighted by Gasteiger charge is -2.31. The second kappa shape index (κ2) is 8.31. The molecular formula is C20H27N3O3S2. The van der Waals surface area contributed by atoms with Crippen molar-refractivity contribution in [3.63, 3.8) is 0 Å². The molecule has 0 aliphatic carbocycles. The molecule has 1 N–H and O–H groups in total. The van der Waals surface area contributed by atoms with Gasteiger partial charge in [-0.2, -0.15) is 4.31 Å². The molecule has 0 bridgehead atoms. The van der Waals surface area contributed by atoms with Gasteiger partial charge >= 0.3 is 0 Å². The normalized spacial score (nSPS) is 16.8. The van der Waals surface area contributed by atoms with E-state index >= 15 is 0 Å². The number of piperidine rings is 1. The van der Waals surface area contributed by atoms with Crippen LogP contribution >= 0.6 is 11.3 Å². The molecule has 1 aliphatic heterocycles. The Hall–Kier alpha value is -1.77. The van der Waals surface area contributed by atoms with Gasteiger partial charge in [0.05, 0.1) is 16.1 Å². The molecule has 28 heavy (non-hydrogen) atoms. The molecule has 1 amide bonds. The smallest absolute Gasteiger partial charge is 0.263 e. The molecule has 1 saturated heterocycles. The summed E-state index contributed by atoms with van der Waals surface area (Å²) in [5, 5.41) is 3.92. The highest BCUT2D eigenvalue weighted by Crippen LogP contribution is 2.27. The van der Waals surface area contributed by atoms with Crippen LogP contribution in [-0.2, 0) is 15.4 Å². The molecule has 2 heterocycles. The molecule has 1 aromatic heterocycles. The SMILES string of the molecule is CC(C)(C)c1ncc(C(=O)NCC2CCN(S(=O)(=O)c3ccccc3)CC2)s1. The summed E-state index contributed by atoms with van der Waals surface area (Å²) in [7, 11) is -3.43. The number of amides is 1. The van der Waals surface area contributed by atoms with Crippen molar-refractivity contribution in [2.45, 2.75) is 43.9 Å². The molecular weight excluding hydrogens is 394 g/mol. The Bertz CT molecular complexity index is 910. The number of hydrogen-bond donors (Lipinski definition) is 1. The molecule has 0 saturated carbocycles. The van der Waals surface area contributed by atoms with E-state index in [0.717, 1.165) is 17.8 Å². The first-order valence-electron chi connectivity index (χ1n) is 9.47. The molecule has 1 aromatic carbocycles. The van der Waals surface area contributed by atoms with Crippen LogP contribution in [0, 0.1) is 5.92 Å². The Kier molecular flexibility index (Phi) is 6.21. The fourth-order valence-electron chi connectivity index (χ4n) is 3.15. The third kappa shape index (κ3) is 4.79. The van der Waals surface area contributed by atoms with E-state index in [1.165, 1.54) is 11.3 Å². The first kappa shape index (κ1) is 21.0. The standard InChI is InChI=1S/C20H27N3O3S2/c1-20(2,3)19-22-14-17(27-19)18(24)21-13-15-9-11-23(12-10-15)28(25,26)16-7-5-4-6-8-16/h4-8,14-15H,9-13H2,1-3H3,(H,21,24). The first-order chi connectivity index (χ1) is 13.2. The van der Waals surface area contributed by atoms with Gasteiger partial charge in [0.25, 0.3) is 5.91 Å². The first-order valence-corrected chi connectivity index (χ1v) is 11.7. The number of nitrogens with zero attached hydrogens (tertiary/aromatic N) is 2. The zero-order chi connectivity index (χ0) is 20.4. The van der Waals surface area contributed by atoms with E-state index < -0.39 is 10.0 Å². The quantitative estimate of drug-likeness (QED) is 0.804. The monoisotopic (exact) mass is 421 g/mol. The van der Waals surface area contributed by atoms with E-state index in [0.29, 0.717) is 29.4 Å². The third-order valence-electron chi connectivity index (χ3n) is 4.88. The van der Waals surface area contributed by atoms with Gasteiger partial charge in [0.2, 0.25) is 10.0 Å². The van der Waals surface area contributed by atoms with Crippen molar-refractivity contribution in [1.29, 1.82) is 0 Å². The number of aromatic nitrogens is 1. The van der Waals surface area contributed by atoms with Crippen LogP contribution in [0.4, 0.5) is 0 Å². The molecule has 6 nitrogen and oxygen atoms in total. The summed E-state index contributed by atoms with van der Waals surface area (Å²) in [5.41, 5.74) is -0.0692. The van der Waals surface area contributed by atoms with Crippen LogP contribution in [0.1, 0.15) is 48.3 Å². The Morgan fingerprint density at radius 2 is 1.86 bits per heavy atom. The van der Waals surface area contributed by atoms with Gasteiger partial charge in [-0.05, 0) is 30.9 Å². The Morgan fingerprint density at radius 1 is 1.21 bits per heavy atom. The van der Waals surface area contributed by atoms with Crippen molar-refractivity contribution in [3.05, 3.63) is 46.4 Å². The number of rotatable bonds is 5. The van der Waals surface area contributed by atoms with Gasteiger partial charge < -0.3 is 5.32 Å². The number of sulfonamides is 1. The highest BCUT2D eigenvalue weighted by atomic mass is 32.2. The van der Waals surface area contributed by atoms with Crippen LogP contribution in [0.25, 0.3) is 0 Å². The number of carbonyl (C=O) groups excluding carboxylic acids is 1. The second-order valence-electron chi connectivity index (χ2n) is 8.15. The predicted octanol–water partition coefficient (Wildman–Crippen LogP) is 3.27. The van der Waals surface area contributed by atoms with Crippen LogP contribution in [0.15, 0.2) is 41.4 Å². The molecule has 1 fully saturated rings. The van der Waals surface area contributed by atoms with Crippen molar-refractivity contribution in [2.75, 3.05) is 19.6 Å². The molecule has 152 valence electrons. The average molecular weight is 422 g/mol. The summed E-state index contributed by atoms with van der Waals surface area (Å²) in [5.74, 6) is 0.175. The second-order valence-corrected chi connectivity index (χ2v) is 11.1. The lowest BCUT2D eigenvalue weighted by atomic mass is 9.98. The molecule has 1 aliphatic rings. The van der Waals surface area contributed by atoms with Gasteiger partial charge in [-0.15, -0.1) is 11.3 Å². The number of carbonyl (C=O) groups is 1. The molecule has 2 aromatic rings. The van der Waals surface area contributed by atoms with Gasteiger partial charge in [-0.1, -0.05) is 39.0 Å². The van der Waals surface area contributed by atoms with E-state index in [4.69, 9.17) is 0 Å². The summed E-state index contributed by atoms with van der Waals surface area (Å²) in [4.78, 5) is 17.7. The number of nitrogens with one attached hydrogen (secondary N) is 1. The van der Waals surface area contributed by atoms with Gasteiger partial charge in [-0.25, -0.2) is 13.4 Å². The molecule has 0 atom stereocenters. The summed E-state index contributed by atoms with van der Waals surface area (Å²) in [6, 6.07) is 8.53. The predicted molar refractivity (Wildman–Crippen MR) is 111 cm³/mol. The van der Waals surface area contributed by atoms with Gasteiger partial charge in [0.1, 0.15) is 4.88 Å². The molecule has 8 heteroatoms. The van der Waals surface area contributed by atoms with Crippen molar-refractivity contribution >= 4 is 27.3 Å². The van der Waals surface area contributed by atoms with E-state index in [1.54, 1.807) is 34.8 Å². The highest BCUT2D eigenvalue weighted by Gasteiger charge is 2.29. The van der Waals surface area contributed by atoms with Crippen LogP contribution in [0.5, 0.6) is 0 Å². The Balaban J connectivity index is 1.51. The third-order valence-corrected chi connectivity index (χ3v) is 8.21. The van der Waals surface area contributed by atoms with Crippen molar-refractivity contribution < 1.29 is 13.2 Å². The Labute approximate surface area is 171 Å². The van der Waals surface area contributed by atoms with Crippen LogP contribution in [0.3, 0.4) is 0 Å². The topological polar surface area (TPSA) is 79.4 Å². The molecule has 0 unspecified atom stereocenters. The minimum Gasteiger partial charge on any atom is -0.351 e. The lowest BCUT2D eigenvalue weighted by molar-refractivity contribution is 0.0945. The minimum atomic E-state index is -3.43. The summed E-state index contributed by atoms with van der Waals surface area (Å²) >= 11 is 1.43.